The second-order valence-electron chi connectivity index (χ2n) is 7.19. The summed E-state index contributed by atoms with van der Waals surface area (Å²) in [6.45, 7) is 6.70. The fourth-order valence-corrected chi connectivity index (χ4v) is 2.92. The van der Waals surface area contributed by atoms with Gasteiger partial charge < -0.3 is 19.5 Å². The Labute approximate surface area is 204 Å². The largest absolute Gasteiger partial charge is 0.490 e. The molecule has 0 aliphatic heterocycles. The highest BCUT2D eigenvalue weighted by Gasteiger charge is 2.13. The van der Waals surface area contributed by atoms with Crippen molar-refractivity contribution >= 4 is 23.7 Å². The molecule has 0 aromatic heterocycles. The Morgan fingerprint density at radius 3 is 2.40 bits per heavy atom. The number of rotatable bonds is 11. The third kappa shape index (κ3) is 8.04. The number of carbonyl (C=O) groups excluding carboxylic acids is 2. The summed E-state index contributed by atoms with van der Waals surface area (Å²) in [5.41, 5.74) is 4.37. The van der Waals surface area contributed by atoms with Crippen LogP contribution < -0.4 is 25.0 Å². The van der Waals surface area contributed by atoms with Crippen molar-refractivity contribution in [1.29, 1.82) is 0 Å². The zero-order chi connectivity index (χ0) is 24.9. The molecular weight excluding hydrogens is 446 g/mol. The number of nitrogens with zero attached hydrogens (tertiary/aromatic N) is 1. The molecule has 0 atom stereocenters. The van der Waals surface area contributed by atoms with Gasteiger partial charge in [0, 0.05) is 5.69 Å². The number of carbonyl (C=O) groups is 2. The van der Waals surface area contributed by atoms with E-state index in [1.807, 2.05) is 37.3 Å². The molecule has 0 heterocycles. The van der Waals surface area contributed by atoms with E-state index in [1.54, 1.807) is 48.5 Å². The maximum atomic E-state index is 12.1. The van der Waals surface area contributed by atoms with E-state index in [4.69, 9.17) is 14.2 Å². The lowest BCUT2D eigenvalue weighted by atomic mass is 10.2. The van der Waals surface area contributed by atoms with Gasteiger partial charge in [0.15, 0.2) is 11.5 Å². The fraction of sp³-hybridized carbons (Fsp3) is 0.148. The lowest BCUT2D eigenvalue weighted by molar-refractivity contribution is -0.136. The number of nitrogens with one attached hydrogen (secondary N) is 2. The van der Waals surface area contributed by atoms with Crippen LogP contribution in [0, 0.1) is 0 Å². The Bertz CT molecular complexity index is 1160. The Kier molecular flexibility index (Phi) is 9.44. The summed E-state index contributed by atoms with van der Waals surface area (Å²) >= 11 is 0. The number of hydrogen-bond donors (Lipinski definition) is 2. The number of hydrogen-bond acceptors (Lipinski definition) is 6. The first-order valence-corrected chi connectivity index (χ1v) is 11.0. The average molecular weight is 474 g/mol. The van der Waals surface area contributed by atoms with Crippen molar-refractivity contribution in [3.8, 4) is 17.2 Å². The van der Waals surface area contributed by atoms with Crippen molar-refractivity contribution in [1.82, 2.24) is 5.43 Å². The maximum absolute atomic E-state index is 12.1. The summed E-state index contributed by atoms with van der Waals surface area (Å²) in [5.74, 6) is 0.0247. The normalized spacial score (nSPS) is 10.4. The zero-order valence-electron chi connectivity index (χ0n) is 19.4. The van der Waals surface area contributed by atoms with Crippen molar-refractivity contribution in [3.63, 3.8) is 0 Å². The van der Waals surface area contributed by atoms with E-state index >= 15 is 0 Å². The monoisotopic (exact) mass is 473 g/mol. The lowest BCUT2D eigenvalue weighted by Gasteiger charge is -2.12. The van der Waals surface area contributed by atoms with Gasteiger partial charge in [-0.25, -0.2) is 5.43 Å². The van der Waals surface area contributed by atoms with Crippen molar-refractivity contribution in [2.75, 3.05) is 18.5 Å². The molecule has 3 aromatic rings. The third-order valence-corrected chi connectivity index (χ3v) is 4.57. The molecule has 0 fully saturated rings. The predicted molar refractivity (Wildman–Crippen MR) is 135 cm³/mol. The molecule has 8 heteroatoms. The van der Waals surface area contributed by atoms with Crippen molar-refractivity contribution in [3.05, 3.63) is 96.6 Å². The number of benzene rings is 3. The maximum Gasteiger partial charge on any atom is 0.329 e. The highest BCUT2D eigenvalue weighted by molar-refractivity contribution is 6.39. The quantitative estimate of drug-likeness (QED) is 0.187. The molecule has 3 rings (SSSR count). The molecule has 8 nitrogen and oxygen atoms in total. The predicted octanol–water partition coefficient (Wildman–Crippen LogP) is 4.32. The van der Waals surface area contributed by atoms with Gasteiger partial charge >= 0.3 is 11.8 Å². The molecule has 0 aliphatic carbocycles. The molecule has 0 unspecified atom stereocenters. The molecule has 180 valence electrons. The van der Waals surface area contributed by atoms with Crippen molar-refractivity contribution in [2.24, 2.45) is 5.10 Å². The van der Waals surface area contributed by atoms with Gasteiger partial charge in [0.1, 0.15) is 19.0 Å². The Balaban J connectivity index is 1.54. The van der Waals surface area contributed by atoms with Gasteiger partial charge in [-0.3, -0.25) is 9.59 Å². The summed E-state index contributed by atoms with van der Waals surface area (Å²) in [7, 11) is 0. The molecule has 35 heavy (non-hydrogen) atoms. The molecule has 0 saturated heterocycles. The summed E-state index contributed by atoms with van der Waals surface area (Å²) < 4.78 is 16.9. The molecule has 2 amide bonds. The molecule has 0 aliphatic rings. The van der Waals surface area contributed by atoms with Crippen LogP contribution in [0.2, 0.25) is 0 Å². The summed E-state index contributed by atoms with van der Waals surface area (Å²) in [4.78, 5) is 24.2. The lowest BCUT2D eigenvalue weighted by Crippen LogP contribution is -2.32. The Morgan fingerprint density at radius 2 is 1.69 bits per heavy atom. The Morgan fingerprint density at radius 1 is 0.914 bits per heavy atom. The van der Waals surface area contributed by atoms with Crippen LogP contribution in [0.3, 0.4) is 0 Å². The van der Waals surface area contributed by atoms with Gasteiger partial charge in [-0.1, -0.05) is 43.0 Å². The van der Waals surface area contributed by atoms with E-state index in [0.717, 1.165) is 5.56 Å². The number of hydrazone groups is 1. The molecule has 2 N–H and O–H groups in total. The van der Waals surface area contributed by atoms with Gasteiger partial charge in [0.2, 0.25) is 0 Å². The van der Waals surface area contributed by atoms with E-state index in [0.29, 0.717) is 48.3 Å². The SMILES string of the molecule is C=CCOc1ccc(NC(=O)C(=O)N/N=C\c2ccc(OCc3ccccc3)c(OCC)c2)cc1. The minimum absolute atomic E-state index is 0.377. The van der Waals surface area contributed by atoms with E-state index in [9.17, 15) is 9.59 Å². The molecular formula is C27H27N3O5. The minimum atomic E-state index is -0.902. The second-order valence-corrected chi connectivity index (χ2v) is 7.19. The van der Waals surface area contributed by atoms with Crippen LogP contribution in [-0.2, 0) is 16.2 Å². The van der Waals surface area contributed by atoms with Gasteiger partial charge in [-0.05, 0) is 60.5 Å². The second kappa shape index (κ2) is 13.2. The number of amides is 2. The van der Waals surface area contributed by atoms with E-state index in [-0.39, 0.29) is 0 Å². The van der Waals surface area contributed by atoms with Gasteiger partial charge in [0.05, 0.1) is 12.8 Å². The summed E-state index contributed by atoms with van der Waals surface area (Å²) in [5, 5.41) is 6.36. The van der Waals surface area contributed by atoms with Crippen LogP contribution >= 0.6 is 0 Å². The van der Waals surface area contributed by atoms with Crippen LogP contribution in [0.1, 0.15) is 18.1 Å². The fourth-order valence-electron chi connectivity index (χ4n) is 2.92. The van der Waals surface area contributed by atoms with Gasteiger partial charge in [-0.2, -0.15) is 5.10 Å². The number of anilines is 1. The average Bonchev–Trinajstić information content (AvgIpc) is 2.88. The zero-order valence-corrected chi connectivity index (χ0v) is 19.4. The van der Waals surface area contributed by atoms with Crippen LogP contribution in [0.15, 0.2) is 90.6 Å². The van der Waals surface area contributed by atoms with Crippen LogP contribution in [0.25, 0.3) is 0 Å². The van der Waals surface area contributed by atoms with Crippen molar-refractivity contribution in [2.45, 2.75) is 13.5 Å². The summed E-state index contributed by atoms with van der Waals surface area (Å²) in [6.07, 6.45) is 3.05. The molecule has 3 aromatic carbocycles. The van der Waals surface area contributed by atoms with Gasteiger partial charge in [0.25, 0.3) is 0 Å². The van der Waals surface area contributed by atoms with Gasteiger partial charge in [-0.15, -0.1) is 0 Å². The topological polar surface area (TPSA) is 98.2 Å². The van der Waals surface area contributed by atoms with Crippen LogP contribution in [0.4, 0.5) is 5.69 Å². The first-order chi connectivity index (χ1) is 17.1. The van der Waals surface area contributed by atoms with Crippen molar-refractivity contribution < 1.29 is 23.8 Å². The van der Waals surface area contributed by atoms with Crippen LogP contribution in [0.5, 0.6) is 17.2 Å². The molecule has 0 saturated carbocycles. The first kappa shape index (κ1) is 25.0. The summed E-state index contributed by atoms with van der Waals surface area (Å²) in [6, 6.07) is 21.7. The number of ether oxygens (including phenoxy) is 3. The smallest absolute Gasteiger partial charge is 0.329 e. The highest BCUT2D eigenvalue weighted by atomic mass is 16.5. The van der Waals surface area contributed by atoms with Crippen LogP contribution in [-0.4, -0.2) is 31.2 Å². The van der Waals surface area contributed by atoms with E-state index in [1.165, 1.54) is 6.21 Å². The molecule has 0 bridgehead atoms. The standard InChI is InChI=1S/C27H27N3O5/c1-3-16-34-23-13-11-22(12-14-23)29-26(31)27(32)30-28-18-21-10-15-24(25(17-21)33-4-2)35-19-20-8-6-5-7-9-20/h3,5-15,17-18H,1,4,16,19H2,2H3,(H,29,31)(H,30,32)/b28-18-. The first-order valence-electron chi connectivity index (χ1n) is 11.0. The Hall–Kier alpha value is -4.59. The van der Waals surface area contributed by atoms with E-state index in [2.05, 4.69) is 22.4 Å². The minimum Gasteiger partial charge on any atom is -0.490 e. The molecule has 0 spiro atoms. The highest BCUT2D eigenvalue weighted by Crippen LogP contribution is 2.29. The third-order valence-electron chi connectivity index (χ3n) is 4.57. The molecule has 0 radical (unpaired) electrons. The van der Waals surface area contributed by atoms with E-state index < -0.39 is 11.8 Å².